The number of benzene rings is 2. The van der Waals surface area contributed by atoms with Crippen LogP contribution in [0.2, 0.25) is 5.02 Å². The maximum Gasteiger partial charge on any atom is 0.240 e. The second kappa shape index (κ2) is 8.28. The Morgan fingerprint density at radius 1 is 1.12 bits per heavy atom. The van der Waals surface area contributed by atoms with Gasteiger partial charge in [-0.3, -0.25) is 4.79 Å². The molecule has 128 valence electrons. The molecule has 2 aromatic rings. The molecule has 0 atom stereocenters. The summed E-state index contributed by atoms with van der Waals surface area (Å²) < 4.78 is 27.0. The molecule has 0 aliphatic carbocycles. The van der Waals surface area contributed by atoms with Gasteiger partial charge in [0.25, 0.3) is 0 Å². The van der Waals surface area contributed by atoms with Crippen molar-refractivity contribution in [2.45, 2.75) is 24.7 Å². The molecule has 2 aromatic carbocycles. The van der Waals surface area contributed by atoms with Crippen molar-refractivity contribution in [3.8, 4) is 0 Å². The molecule has 0 fully saturated rings. The fraction of sp³-hybridized carbons (Fsp3) is 0.235. The van der Waals surface area contributed by atoms with Gasteiger partial charge in [0.05, 0.1) is 4.90 Å². The summed E-state index contributed by atoms with van der Waals surface area (Å²) in [6.07, 6.45) is 1.41. The number of carbonyl (C=O) groups excluding carboxylic acids is 1. The van der Waals surface area contributed by atoms with Crippen LogP contribution in [0.1, 0.15) is 18.9 Å². The van der Waals surface area contributed by atoms with Crippen molar-refractivity contribution in [1.82, 2.24) is 4.72 Å². The molecule has 0 aliphatic rings. The number of halogens is 1. The molecule has 0 aromatic heterocycles. The molecule has 2 N–H and O–H groups in total. The van der Waals surface area contributed by atoms with Gasteiger partial charge in [0.2, 0.25) is 15.9 Å². The van der Waals surface area contributed by atoms with Crippen molar-refractivity contribution in [2.24, 2.45) is 0 Å². The maximum atomic E-state index is 12.2. The fourth-order valence-corrected chi connectivity index (χ4v) is 3.48. The van der Waals surface area contributed by atoms with Crippen molar-refractivity contribution in [3.05, 3.63) is 59.1 Å². The SMILES string of the molecule is CC(=O)Nc1ccc(S(=O)(=O)NCCCc2cccc(Cl)c2)cc1. The first-order valence-corrected chi connectivity index (χ1v) is 9.35. The summed E-state index contributed by atoms with van der Waals surface area (Å²) in [5, 5.41) is 3.27. The molecule has 5 nitrogen and oxygen atoms in total. The molecule has 0 radical (unpaired) electrons. The molecule has 2 rings (SSSR count). The summed E-state index contributed by atoms with van der Waals surface area (Å²) in [5.41, 5.74) is 1.63. The zero-order valence-corrected chi connectivity index (χ0v) is 14.8. The summed E-state index contributed by atoms with van der Waals surface area (Å²) in [6, 6.07) is 13.5. The van der Waals surface area contributed by atoms with Crippen LogP contribution in [0.3, 0.4) is 0 Å². The third-order valence-corrected chi connectivity index (χ3v) is 5.02. The second-order valence-corrected chi connectivity index (χ2v) is 7.54. The van der Waals surface area contributed by atoms with E-state index in [4.69, 9.17) is 11.6 Å². The largest absolute Gasteiger partial charge is 0.326 e. The first-order valence-electron chi connectivity index (χ1n) is 7.48. The number of sulfonamides is 1. The Morgan fingerprint density at radius 3 is 2.46 bits per heavy atom. The van der Waals surface area contributed by atoms with E-state index in [9.17, 15) is 13.2 Å². The van der Waals surface area contributed by atoms with Crippen LogP contribution in [0.4, 0.5) is 5.69 Å². The van der Waals surface area contributed by atoms with E-state index in [0.29, 0.717) is 23.7 Å². The molecule has 7 heteroatoms. The van der Waals surface area contributed by atoms with Gasteiger partial charge in [0.1, 0.15) is 0 Å². The van der Waals surface area contributed by atoms with Crippen LogP contribution >= 0.6 is 11.6 Å². The summed E-state index contributed by atoms with van der Waals surface area (Å²) >= 11 is 5.92. The molecule has 1 amide bonds. The minimum absolute atomic E-state index is 0.166. The number of nitrogens with one attached hydrogen (secondary N) is 2. The van der Waals surface area contributed by atoms with Gasteiger partial charge in [0.15, 0.2) is 0 Å². The lowest BCUT2D eigenvalue weighted by Crippen LogP contribution is -2.25. The first-order chi connectivity index (χ1) is 11.4. The van der Waals surface area contributed by atoms with Crippen LogP contribution in [0, 0.1) is 0 Å². The van der Waals surface area contributed by atoms with Crippen molar-refractivity contribution in [3.63, 3.8) is 0 Å². The molecule has 0 heterocycles. The summed E-state index contributed by atoms with van der Waals surface area (Å²) in [7, 11) is -3.56. The monoisotopic (exact) mass is 366 g/mol. The van der Waals surface area contributed by atoms with Gasteiger partial charge in [-0.1, -0.05) is 23.7 Å². The number of rotatable bonds is 7. The predicted octanol–water partition coefficient (Wildman–Crippen LogP) is 3.21. The number of amides is 1. The average molecular weight is 367 g/mol. The molecule has 0 bridgehead atoms. The van der Waals surface area contributed by atoms with Crippen LogP contribution in [0.15, 0.2) is 53.4 Å². The first kappa shape index (κ1) is 18.4. The highest BCUT2D eigenvalue weighted by Crippen LogP contribution is 2.15. The highest BCUT2D eigenvalue weighted by molar-refractivity contribution is 7.89. The summed E-state index contributed by atoms with van der Waals surface area (Å²) in [6.45, 7) is 1.73. The van der Waals surface area contributed by atoms with Crippen molar-refractivity contribution in [1.29, 1.82) is 0 Å². The van der Waals surface area contributed by atoms with Crippen molar-refractivity contribution in [2.75, 3.05) is 11.9 Å². The van der Waals surface area contributed by atoms with Gasteiger partial charge in [-0.05, 0) is 54.8 Å². The topological polar surface area (TPSA) is 75.3 Å². The molecular weight excluding hydrogens is 348 g/mol. The minimum atomic E-state index is -3.56. The normalized spacial score (nSPS) is 11.2. The zero-order chi connectivity index (χ0) is 17.6. The molecule has 0 aliphatic heterocycles. The van der Waals surface area contributed by atoms with E-state index in [0.717, 1.165) is 12.0 Å². The number of carbonyl (C=O) groups is 1. The Morgan fingerprint density at radius 2 is 1.83 bits per heavy atom. The second-order valence-electron chi connectivity index (χ2n) is 5.34. The van der Waals surface area contributed by atoms with E-state index in [1.54, 1.807) is 18.2 Å². The Bertz CT molecular complexity index is 805. The highest BCUT2D eigenvalue weighted by atomic mass is 35.5. The Balaban J connectivity index is 1.88. The molecule has 0 saturated carbocycles. The van der Waals surface area contributed by atoms with E-state index in [1.165, 1.54) is 19.1 Å². The lowest BCUT2D eigenvalue weighted by Gasteiger charge is -2.08. The Labute approximate surface area is 147 Å². The lowest BCUT2D eigenvalue weighted by molar-refractivity contribution is -0.114. The highest BCUT2D eigenvalue weighted by Gasteiger charge is 2.13. The number of hydrogen-bond acceptors (Lipinski definition) is 3. The van der Waals surface area contributed by atoms with E-state index in [-0.39, 0.29) is 10.8 Å². The maximum absolute atomic E-state index is 12.2. The van der Waals surface area contributed by atoms with E-state index in [1.807, 2.05) is 18.2 Å². The summed E-state index contributed by atoms with van der Waals surface area (Å²) in [5.74, 6) is -0.204. The quantitative estimate of drug-likeness (QED) is 0.739. The third-order valence-electron chi connectivity index (χ3n) is 3.31. The van der Waals surface area contributed by atoms with Crippen LogP contribution in [0.5, 0.6) is 0 Å². The average Bonchev–Trinajstić information content (AvgIpc) is 2.52. The van der Waals surface area contributed by atoms with Crippen molar-refractivity contribution >= 4 is 33.2 Å². The third kappa shape index (κ3) is 5.63. The molecule has 0 spiro atoms. The fourth-order valence-electron chi connectivity index (χ4n) is 2.20. The van der Waals surface area contributed by atoms with Gasteiger partial charge in [-0.25, -0.2) is 13.1 Å². The standard InChI is InChI=1S/C17H19ClN2O3S/c1-13(21)20-16-7-9-17(10-8-16)24(22,23)19-11-3-5-14-4-2-6-15(18)12-14/h2,4,6-10,12,19H,3,5,11H2,1H3,(H,20,21). The van der Waals surface area contributed by atoms with E-state index < -0.39 is 10.0 Å². The zero-order valence-electron chi connectivity index (χ0n) is 13.3. The predicted molar refractivity (Wildman–Crippen MR) is 95.7 cm³/mol. The van der Waals surface area contributed by atoms with Crippen LogP contribution in [-0.4, -0.2) is 20.9 Å². The van der Waals surface area contributed by atoms with Crippen LogP contribution < -0.4 is 10.0 Å². The Kier molecular flexibility index (Phi) is 6.36. The minimum Gasteiger partial charge on any atom is -0.326 e. The molecular formula is C17H19ClN2O3S. The molecule has 24 heavy (non-hydrogen) atoms. The van der Waals surface area contributed by atoms with E-state index in [2.05, 4.69) is 10.0 Å². The van der Waals surface area contributed by atoms with Crippen molar-refractivity contribution < 1.29 is 13.2 Å². The van der Waals surface area contributed by atoms with Gasteiger partial charge in [-0.15, -0.1) is 0 Å². The summed E-state index contributed by atoms with van der Waals surface area (Å²) in [4.78, 5) is 11.1. The van der Waals surface area contributed by atoms with E-state index >= 15 is 0 Å². The van der Waals surface area contributed by atoms with Crippen LogP contribution in [0.25, 0.3) is 0 Å². The lowest BCUT2D eigenvalue weighted by atomic mass is 10.1. The number of aryl methyl sites for hydroxylation is 1. The smallest absolute Gasteiger partial charge is 0.240 e. The van der Waals surface area contributed by atoms with Crippen LogP contribution in [-0.2, 0) is 21.2 Å². The Hall–Kier alpha value is -1.89. The number of anilines is 1. The molecule has 0 unspecified atom stereocenters. The van der Waals surface area contributed by atoms with Gasteiger partial charge >= 0.3 is 0 Å². The number of hydrogen-bond donors (Lipinski definition) is 2. The van der Waals surface area contributed by atoms with Gasteiger partial charge < -0.3 is 5.32 Å². The molecule has 0 saturated heterocycles. The van der Waals surface area contributed by atoms with Gasteiger partial charge in [0, 0.05) is 24.2 Å². The van der Waals surface area contributed by atoms with Gasteiger partial charge in [-0.2, -0.15) is 0 Å².